The first-order chi connectivity index (χ1) is 14.6. The summed E-state index contributed by atoms with van der Waals surface area (Å²) in [5.41, 5.74) is 3.35. The molecule has 0 radical (unpaired) electrons. The average Bonchev–Trinajstić information content (AvgIpc) is 3.39. The first kappa shape index (κ1) is 19.0. The highest BCUT2D eigenvalue weighted by molar-refractivity contribution is 5.80. The predicted molar refractivity (Wildman–Crippen MR) is 113 cm³/mol. The summed E-state index contributed by atoms with van der Waals surface area (Å²) < 4.78 is 1.45. The van der Waals surface area contributed by atoms with Crippen molar-refractivity contribution in [3.8, 4) is 0 Å². The van der Waals surface area contributed by atoms with Gasteiger partial charge in [0.25, 0.3) is 0 Å². The monoisotopic (exact) mass is 405 g/mol. The van der Waals surface area contributed by atoms with Crippen LogP contribution in [0.4, 0.5) is 5.82 Å². The van der Waals surface area contributed by atoms with Crippen LogP contribution in [0.2, 0.25) is 0 Å². The summed E-state index contributed by atoms with van der Waals surface area (Å²) in [6.07, 6.45) is 2.75. The number of aromatic nitrogens is 5. The van der Waals surface area contributed by atoms with E-state index in [0.717, 1.165) is 44.7 Å². The molecule has 5 rings (SSSR count). The maximum atomic E-state index is 13.3. The van der Waals surface area contributed by atoms with Gasteiger partial charge < -0.3 is 9.80 Å². The fourth-order valence-electron chi connectivity index (χ4n) is 5.01. The number of nitrogens with zero attached hydrogens (tertiary/aromatic N) is 7. The van der Waals surface area contributed by atoms with Crippen LogP contribution in [0.3, 0.4) is 0 Å². The molecule has 0 saturated carbocycles. The van der Waals surface area contributed by atoms with Crippen molar-refractivity contribution in [2.75, 3.05) is 24.5 Å². The van der Waals surface area contributed by atoms with Crippen LogP contribution in [-0.4, -0.2) is 61.7 Å². The normalized spacial score (nSPS) is 22.7. The number of hydrogen-bond acceptors (Lipinski definition) is 6. The van der Waals surface area contributed by atoms with Gasteiger partial charge in [0.15, 0.2) is 11.5 Å². The molecule has 1 aromatic carbocycles. The van der Waals surface area contributed by atoms with E-state index in [0.29, 0.717) is 23.5 Å². The van der Waals surface area contributed by atoms with E-state index in [-0.39, 0.29) is 5.92 Å². The van der Waals surface area contributed by atoms with Gasteiger partial charge in [0.05, 0.1) is 0 Å². The molecule has 2 aliphatic heterocycles. The lowest BCUT2D eigenvalue weighted by Gasteiger charge is -2.34. The maximum Gasteiger partial charge on any atom is 0.226 e. The van der Waals surface area contributed by atoms with Crippen molar-refractivity contribution in [3.05, 3.63) is 47.5 Å². The highest BCUT2D eigenvalue weighted by Gasteiger charge is 2.37. The lowest BCUT2D eigenvalue weighted by Crippen LogP contribution is -2.44. The Morgan fingerprint density at radius 2 is 1.90 bits per heavy atom. The van der Waals surface area contributed by atoms with E-state index >= 15 is 0 Å². The molecule has 0 N–H and O–H groups in total. The number of carbonyl (C=O) groups is 1. The van der Waals surface area contributed by atoms with Gasteiger partial charge in [-0.2, -0.15) is 0 Å². The summed E-state index contributed by atoms with van der Waals surface area (Å²) in [5.74, 6) is 1.71. The molecule has 0 aliphatic carbocycles. The van der Waals surface area contributed by atoms with E-state index in [4.69, 9.17) is 0 Å². The Labute approximate surface area is 175 Å². The van der Waals surface area contributed by atoms with E-state index in [1.165, 1.54) is 15.8 Å². The summed E-state index contributed by atoms with van der Waals surface area (Å²) in [4.78, 5) is 17.7. The summed E-state index contributed by atoms with van der Waals surface area (Å²) in [6, 6.07) is 12.7. The lowest BCUT2D eigenvalue weighted by molar-refractivity contribution is -0.136. The molecule has 2 unspecified atom stereocenters. The van der Waals surface area contributed by atoms with Crippen molar-refractivity contribution < 1.29 is 4.79 Å². The van der Waals surface area contributed by atoms with Gasteiger partial charge in [-0.15, -0.1) is 14.8 Å². The maximum absolute atomic E-state index is 13.3. The van der Waals surface area contributed by atoms with Crippen LogP contribution in [0.1, 0.15) is 43.2 Å². The predicted octanol–water partition coefficient (Wildman–Crippen LogP) is 2.45. The molecule has 2 aromatic heterocycles. The summed E-state index contributed by atoms with van der Waals surface area (Å²) >= 11 is 0. The molecule has 0 spiro atoms. The summed E-state index contributed by atoms with van der Waals surface area (Å²) in [5, 5.41) is 15.9. The van der Waals surface area contributed by atoms with Gasteiger partial charge in [-0.05, 0) is 66.8 Å². The van der Waals surface area contributed by atoms with Crippen LogP contribution in [0, 0.1) is 12.8 Å². The lowest BCUT2D eigenvalue weighted by atomic mass is 9.93. The number of tetrazole rings is 1. The van der Waals surface area contributed by atoms with Gasteiger partial charge in [-0.1, -0.05) is 24.3 Å². The molecule has 8 nitrogen and oxygen atoms in total. The van der Waals surface area contributed by atoms with Crippen molar-refractivity contribution in [3.63, 3.8) is 0 Å². The van der Waals surface area contributed by atoms with Crippen LogP contribution in [0.25, 0.3) is 5.65 Å². The zero-order valence-corrected chi connectivity index (χ0v) is 17.5. The Hall–Kier alpha value is -3.03. The largest absolute Gasteiger partial charge is 0.355 e. The van der Waals surface area contributed by atoms with E-state index < -0.39 is 0 Å². The van der Waals surface area contributed by atoms with Gasteiger partial charge in [-0.25, -0.2) is 0 Å². The van der Waals surface area contributed by atoms with E-state index in [1.807, 2.05) is 12.1 Å². The van der Waals surface area contributed by atoms with E-state index in [1.54, 1.807) is 0 Å². The molecule has 156 valence electrons. The number of benzene rings is 1. The van der Waals surface area contributed by atoms with Crippen LogP contribution in [0.15, 0.2) is 36.4 Å². The van der Waals surface area contributed by atoms with Crippen LogP contribution < -0.4 is 4.90 Å². The fourth-order valence-corrected chi connectivity index (χ4v) is 5.01. The second-order valence-corrected chi connectivity index (χ2v) is 8.61. The second-order valence-electron chi connectivity index (χ2n) is 8.61. The first-order valence-electron chi connectivity index (χ1n) is 10.8. The van der Waals surface area contributed by atoms with Gasteiger partial charge in [0.2, 0.25) is 5.91 Å². The number of hydrogen-bond donors (Lipinski definition) is 0. The van der Waals surface area contributed by atoms with Crippen LogP contribution >= 0.6 is 0 Å². The minimum Gasteiger partial charge on any atom is -0.355 e. The fraction of sp³-hybridized carbons (Fsp3) is 0.500. The number of carbonyl (C=O) groups excluding carboxylic acids is 1. The highest BCUT2D eigenvalue weighted by Crippen LogP contribution is 2.35. The average molecular weight is 406 g/mol. The van der Waals surface area contributed by atoms with Gasteiger partial charge in [-0.3, -0.25) is 4.79 Å². The van der Waals surface area contributed by atoms with Crippen molar-refractivity contribution in [1.29, 1.82) is 0 Å². The minimum atomic E-state index is 0.0936. The third kappa shape index (κ3) is 3.40. The number of fused-ring (bicyclic) bond motifs is 1. The number of amides is 1. The molecule has 3 aromatic rings. The number of rotatable bonds is 3. The third-order valence-electron chi connectivity index (χ3n) is 6.71. The first-order valence-corrected chi connectivity index (χ1v) is 10.8. The zero-order chi connectivity index (χ0) is 20.7. The Balaban J connectivity index is 1.23. The van der Waals surface area contributed by atoms with Gasteiger partial charge in [0, 0.05) is 37.5 Å². The molecule has 2 atom stereocenters. The quantitative estimate of drug-likeness (QED) is 0.666. The number of piperidine rings is 1. The third-order valence-corrected chi connectivity index (χ3v) is 6.71. The standard InChI is InChI=1S/C22H27N7O/c1-15-5-3-4-6-19(15)18-13-16(2)28(14-18)22(30)17-9-11-27(12-10-17)21-8-7-20-23-25-26-29(20)24-21/h3-8,16-18H,9-14H2,1-2H3. The van der Waals surface area contributed by atoms with Gasteiger partial charge >= 0.3 is 0 Å². The minimum absolute atomic E-state index is 0.0936. The second kappa shape index (κ2) is 7.66. The Bertz CT molecular complexity index is 1060. The SMILES string of the molecule is Cc1ccccc1C1CC(C)N(C(=O)C2CCN(c3ccc4nnnn4n3)CC2)C1. The van der Waals surface area contributed by atoms with Crippen LogP contribution in [0.5, 0.6) is 0 Å². The molecule has 8 heteroatoms. The molecule has 2 aliphatic rings. The van der Waals surface area contributed by atoms with Crippen molar-refractivity contribution in [2.24, 2.45) is 5.92 Å². The van der Waals surface area contributed by atoms with Crippen molar-refractivity contribution >= 4 is 17.4 Å². The highest BCUT2D eigenvalue weighted by atomic mass is 16.2. The van der Waals surface area contributed by atoms with Crippen molar-refractivity contribution in [2.45, 2.75) is 45.1 Å². The van der Waals surface area contributed by atoms with E-state index in [9.17, 15) is 4.79 Å². The topological polar surface area (TPSA) is 79.5 Å². The summed E-state index contributed by atoms with van der Waals surface area (Å²) in [7, 11) is 0. The molecule has 2 fully saturated rings. The molecule has 0 bridgehead atoms. The number of likely N-dealkylation sites (tertiary alicyclic amines) is 1. The van der Waals surface area contributed by atoms with Crippen LogP contribution in [-0.2, 0) is 4.79 Å². The van der Waals surface area contributed by atoms with Crippen molar-refractivity contribution in [1.82, 2.24) is 30.2 Å². The van der Waals surface area contributed by atoms with Gasteiger partial charge in [0.1, 0.15) is 0 Å². The Morgan fingerprint density at radius 3 is 2.70 bits per heavy atom. The van der Waals surface area contributed by atoms with E-state index in [2.05, 4.69) is 68.5 Å². The zero-order valence-electron chi connectivity index (χ0n) is 17.5. The Morgan fingerprint density at radius 1 is 1.10 bits per heavy atom. The summed E-state index contributed by atoms with van der Waals surface area (Å²) in [6.45, 7) is 6.83. The molecule has 2 saturated heterocycles. The molecule has 4 heterocycles. The Kier molecular flexibility index (Phi) is 4.84. The number of aryl methyl sites for hydroxylation is 1. The number of anilines is 1. The molecular formula is C22H27N7O. The molecule has 1 amide bonds. The smallest absolute Gasteiger partial charge is 0.226 e. The molecule has 30 heavy (non-hydrogen) atoms. The molecular weight excluding hydrogens is 378 g/mol.